The van der Waals surface area contributed by atoms with Gasteiger partial charge in [0.2, 0.25) is 0 Å². The highest BCUT2D eigenvalue weighted by Gasteiger charge is 2.09. The van der Waals surface area contributed by atoms with Gasteiger partial charge >= 0.3 is 0 Å². The number of hydrogen-bond donors (Lipinski definition) is 1. The van der Waals surface area contributed by atoms with Crippen molar-refractivity contribution < 1.29 is 5.11 Å². The van der Waals surface area contributed by atoms with Crippen molar-refractivity contribution in [2.24, 2.45) is 0 Å². The van der Waals surface area contributed by atoms with Gasteiger partial charge in [-0.3, -0.25) is 0 Å². The highest BCUT2D eigenvalue weighted by molar-refractivity contribution is 6.30. The number of nitriles is 1. The van der Waals surface area contributed by atoms with Gasteiger partial charge in [0.25, 0.3) is 0 Å². The van der Waals surface area contributed by atoms with Gasteiger partial charge in [-0.15, -0.1) is 0 Å². The molecule has 0 spiro atoms. The molecule has 1 aromatic carbocycles. The Hall–Kier alpha value is -2.09. The zero-order chi connectivity index (χ0) is 14.4. The van der Waals surface area contributed by atoms with Crippen LogP contribution in [-0.2, 0) is 6.54 Å². The molecule has 0 aliphatic carbocycles. The summed E-state index contributed by atoms with van der Waals surface area (Å²) in [7, 11) is 0. The predicted octanol–water partition coefficient (Wildman–Crippen LogP) is 2.61. The van der Waals surface area contributed by atoms with Gasteiger partial charge in [-0.05, 0) is 29.8 Å². The first kappa shape index (κ1) is 14.3. The highest BCUT2D eigenvalue weighted by Crippen LogP contribution is 2.17. The molecule has 0 amide bonds. The predicted molar refractivity (Wildman–Crippen MR) is 78.5 cm³/mol. The first-order chi connectivity index (χ1) is 9.72. The number of rotatable bonds is 5. The second kappa shape index (κ2) is 6.90. The highest BCUT2D eigenvalue weighted by atomic mass is 35.5. The molecule has 0 bridgehead atoms. The third-order valence-corrected chi connectivity index (χ3v) is 3.04. The van der Waals surface area contributed by atoms with Gasteiger partial charge in [0, 0.05) is 18.1 Å². The van der Waals surface area contributed by atoms with Crippen LogP contribution < -0.4 is 4.90 Å². The van der Waals surface area contributed by atoms with Crippen LogP contribution in [0.15, 0.2) is 42.5 Å². The second-order valence-electron chi connectivity index (χ2n) is 4.27. The molecule has 0 saturated heterocycles. The van der Waals surface area contributed by atoms with Gasteiger partial charge in [-0.1, -0.05) is 29.8 Å². The number of nitrogens with zero attached hydrogens (tertiary/aromatic N) is 3. The van der Waals surface area contributed by atoms with Crippen molar-refractivity contribution >= 4 is 17.4 Å². The number of pyridine rings is 1. The summed E-state index contributed by atoms with van der Waals surface area (Å²) in [6, 6.07) is 14.8. The average molecular weight is 288 g/mol. The Morgan fingerprint density at radius 1 is 1.25 bits per heavy atom. The smallest absolute Gasteiger partial charge is 0.142 e. The zero-order valence-electron chi connectivity index (χ0n) is 10.8. The maximum Gasteiger partial charge on any atom is 0.142 e. The zero-order valence-corrected chi connectivity index (χ0v) is 11.6. The lowest BCUT2D eigenvalue weighted by Gasteiger charge is -2.23. The van der Waals surface area contributed by atoms with Gasteiger partial charge in [0.05, 0.1) is 6.61 Å². The normalized spacial score (nSPS) is 10.1. The Kier molecular flexibility index (Phi) is 4.94. The first-order valence-corrected chi connectivity index (χ1v) is 6.58. The summed E-state index contributed by atoms with van der Waals surface area (Å²) in [5, 5.41) is 18.8. The summed E-state index contributed by atoms with van der Waals surface area (Å²) in [6.45, 7) is 1.02. The van der Waals surface area contributed by atoms with Gasteiger partial charge in [0.1, 0.15) is 17.6 Å². The summed E-state index contributed by atoms with van der Waals surface area (Å²) in [6.07, 6.45) is 0. The molecule has 5 heteroatoms. The van der Waals surface area contributed by atoms with Crippen LogP contribution >= 0.6 is 11.6 Å². The quantitative estimate of drug-likeness (QED) is 0.918. The maximum atomic E-state index is 9.20. The topological polar surface area (TPSA) is 60.2 Å². The summed E-state index contributed by atoms with van der Waals surface area (Å²) in [5.74, 6) is 0.665. The summed E-state index contributed by atoms with van der Waals surface area (Å²) < 4.78 is 0. The largest absolute Gasteiger partial charge is 0.395 e. The van der Waals surface area contributed by atoms with E-state index < -0.39 is 0 Å². The van der Waals surface area contributed by atoms with E-state index in [1.165, 1.54) is 0 Å². The summed E-state index contributed by atoms with van der Waals surface area (Å²) in [5.41, 5.74) is 1.38. The Bertz CT molecular complexity index is 625. The van der Waals surface area contributed by atoms with Crippen molar-refractivity contribution in [3.8, 4) is 6.07 Å². The number of aliphatic hydroxyl groups is 1. The van der Waals surface area contributed by atoms with E-state index in [1.807, 2.05) is 41.3 Å². The van der Waals surface area contributed by atoms with Crippen molar-refractivity contribution in [2.75, 3.05) is 18.1 Å². The van der Waals surface area contributed by atoms with Crippen LogP contribution in [0.3, 0.4) is 0 Å². The molecule has 2 aromatic rings. The minimum atomic E-state index is 0.0129. The van der Waals surface area contributed by atoms with E-state index in [1.54, 1.807) is 12.1 Å². The van der Waals surface area contributed by atoms with E-state index in [-0.39, 0.29) is 6.61 Å². The minimum Gasteiger partial charge on any atom is -0.395 e. The number of anilines is 1. The van der Waals surface area contributed by atoms with E-state index in [0.29, 0.717) is 29.6 Å². The van der Waals surface area contributed by atoms with Gasteiger partial charge in [-0.25, -0.2) is 4.98 Å². The van der Waals surface area contributed by atoms with Crippen molar-refractivity contribution in [3.63, 3.8) is 0 Å². The van der Waals surface area contributed by atoms with Crippen LogP contribution in [0.5, 0.6) is 0 Å². The number of aromatic nitrogens is 1. The fraction of sp³-hybridized carbons (Fsp3) is 0.200. The molecule has 1 aromatic heterocycles. The molecule has 102 valence electrons. The van der Waals surface area contributed by atoms with Crippen molar-refractivity contribution in [1.29, 1.82) is 5.26 Å². The molecule has 0 saturated carbocycles. The monoisotopic (exact) mass is 287 g/mol. The van der Waals surface area contributed by atoms with Crippen LogP contribution in [0.4, 0.5) is 5.82 Å². The Morgan fingerprint density at radius 3 is 2.75 bits per heavy atom. The number of benzene rings is 1. The lowest BCUT2D eigenvalue weighted by Crippen LogP contribution is -2.27. The third-order valence-electron chi connectivity index (χ3n) is 2.81. The molecule has 1 heterocycles. The van der Waals surface area contributed by atoms with Crippen LogP contribution in [0, 0.1) is 11.3 Å². The lowest BCUT2D eigenvalue weighted by molar-refractivity contribution is 0.301. The van der Waals surface area contributed by atoms with Crippen LogP contribution in [0.2, 0.25) is 5.02 Å². The molecule has 0 aliphatic heterocycles. The van der Waals surface area contributed by atoms with E-state index in [9.17, 15) is 5.11 Å². The van der Waals surface area contributed by atoms with Crippen molar-refractivity contribution in [1.82, 2.24) is 4.98 Å². The standard InChI is InChI=1S/C15H14ClN3O/c16-13-4-1-3-12(9-13)11-19(7-8-20)15-6-2-5-14(10-17)18-15/h1-6,9,20H,7-8,11H2. The maximum absolute atomic E-state index is 9.20. The number of aliphatic hydroxyl groups excluding tert-OH is 1. The van der Waals surface area contributed by atoms with Crippen LogP contribution in [0.1, 0.15) is 11.3 Å². The van der Waals surface area contributed by atoms with Gasteiger partial charge in [0.15, 0.2) is 0 Å². The SMILES string of the molecule is N#Cc1cccc(N(CCO)Cc2cccc(Cl)c2)n1. The number of hydrogen-bond acceptors (Lipinski definition) is 4. The average Bonchev–Trinajstić information content (AvgIpc) is 2.47. The molecule has 0 atom stereocenters. The molecule has 0 fully saturated rings. The lowest BCUT2D eigenvalue weighted by atomic mass is 10.2. The molecular formula is C15H14ClN3O. The summed E-state index contributed by atoms with van der Waals surface area (Å²) >= 11 is 5.97. The van der Waals surface area contributed by atoms with Crippen molar-refractivity contribution in [3.05, 3.63) is 58.7 Å². The Morgan fingerprint density at radius 2 is 2.05 bits per heavy atom. The van der Waals surface area contributed by atoms with E-state index in [0.717, 1.165) is 5.56 Å². The summed E-state index contributed by atoms with van der Waals surface area (Å²) in [4.78, 5) is 6.16. The molecule has 1 N–H and O–H groups in total. The number of halogens is 1. The first-order valence-electron chi connectivity index (χ1n) is 6.20. The fourth-order valence-corrected chi connectivity index (χ4v) is 2.13. The van der Waals surface area contributed by atoms with E-state index >= 15 is 0 Å². The molecule has 4 nitrogen and oxygen atoms in total. The fourth-order valence-electron chi connectivity index (χ4n) is 1.91. The van der Waals surface area contributed by atoms with Gasteiger partial charge < -0.3 is 10.0 Å². The van der Waals surface area contributed by atoms with Crippen molar-refractivity contribution in [2.45, 2.75) is 6.54 Å². The van der Waals surface area contributed by atoms with Crippen LogP contribution in [0.25, 0.3) is 0 Å². The molecule has 0 radical (unpaired) electrons. The minimum absolute atomic E-state index is 0.0129. The van der Waals surface area contributed by atoms with E-state index in [2.05, 4.69) is 4.98 Å². The third kappa shape index (κ3) is 3.70. The molecule has 0 aliphatic rings. The molecule has 20 heavy (non-hydrogen) atoms. The van der Waals surface area contributed by atoms with Crippen LogP contribution in [-0.4, -0.2) is 23.2 Å². The molecular weight excluding hydrogens is 274 g/mol. The Balaban J connectivity index is 2.24. The van der Waals surface area contributed by atoms with Gasteiger partial charge in [-0.2, -0.15) is 5.26 Å². The Labute approximate surface area is 122 Å². The second-order valence-corrected chi connectivity index (χ2v) is 4.70. The molecule has 2 rings (SSSR count). The molecule has 0 unspecified atom stereocenters. The van der Waals surface area contributed by atoms with E-state index in [4.69, 9.17) is 16.9 Å².